The van der Waals surface area contributed by atoms with Crippen LogP contribution in [0.5, 0.6) is 0 Å². The number of likely N-dealkylation sites (N-methyl/N-ethyl adjacent to an activating group) is 1. The minimum absolute atomic E-state index is 0.0850. The van der Waals surface area contributed by atoms with Crippen LogP contribution >= 0.6 is 0 Å². The van der Waals surface area contributed by atoms with Gasteiger partial charge in [-0.1, -0.05) is 5.16 Å². The molecule has 0 bridgehead atoms. The number of hydrogen-bond donors (Lipinski definition) is 3. The maximum atomic E-state index is 11.2. The highest BCUT2D eigenvalue weighted by Crippen LogP contribution is 1.83. The predicted octanol–water partition coefficient (Wildman–Crippen LogP) is -1.18. The van der Waals surface area contributed by atoms with Crippen LogP contribution in [0.25, 0.3) is 0 Å². The van der Waals surface area contributed by atoms with E-state index < -0.39 is 0 Å². The zero-order valence-electron chi connectivity index (χ0n) is 9.77. The molecule has 0 aromatic heterocycles. The molecular formula is C9H20N4O3. The van der Waals surface area contributed by atoms with Gasteiger partial charge in [0.2, 0.25) is 5.91 Å². The van der Waals surface area contributed by atoms with Crippen LogP contribution in [0, 0.1) is 0 Å². The summed E-state index contributed by atoms with van der Waals surface area (Å²) in [4.78, 5) is 13.2. The molecule has 0 aliphatic heterocycles. The quantitative estimate of drug-likeness (QED) is 0.212. The molecule has 16 heavy (non-hydrogen) atoms. The van der Waals surface area contributed by atoms with Crippen LogP contribution < -0.4 is 11.1 Å². The average molecular weight is 232 g/mol. The summed E-state index contributed by atoms with van der Waals surface area (Å²) in [5, 5.41) is 13.6. The van der Waals surface area contributed by atoms with Gasteiger partial charge in [-0.25, -0.2) is 0 Å². The average Bonchev–Trinajstić information content (AvgIpc) is 2.26. The van der Waals surface area contributed by atoms with E-state index in [1.165, 1.54) is 0 Å². The van der Waals surface area contributed by atoms with Gasteiger partial charge in [0, 0.05) is 26.7 Å². The van der Waals surface area contributed by atoms with Gasteiger partial charge in [-0.05, 0) is 7.05 Å². The van der Waals surface area contributed by atoms with Crippen molar-refractivity contribution in [3.05, 3.63) is 0 Å². The molecule has 94 valence electrons. The first kappa shape index (κ1) is 14.7. The number of amidine groups is 1. The van der Waals surface area contributed by atoms with Gasteiger partial charge in [0.1, 0.15) is 5.84 Å². The van der Waals surface area contributed by atoms with Gasteiger partial charge < -0.3 is 25.9 Å². The fourth-order valence-corrected chi connectivity index (χ4v) is 1.01. The summed E-state index contributed by atoms with van der Waals surface area (Å²) in [6, 6.07) is 0. The Hall–Kier alpha value is -1.34. The summed E-state index contributed by atoms with van der Waals surface area (Å²) < 4.78 is 4.92. The molecule has 1 amide bonds. The molecule has 0 unspecified atom stereocenters. The van der Waals surface area contributed by atoms with Crippen LogP contribution in [0.15, 0.2) is 5.16 Å². The van der Waals surface area contributed by atoms with Crippen molar-refractivity contribution < 1.29 is 14.7 Å². The van der Waals surface area contributed by atoms with E-state index in [2.05, 4.69) is 10.5 Å². The lowest BCUT2D eigenvalue weighted by Gasteiger charge is -2.15. The van der Waals surface area contributed by atoms with Crippen molar-refractivity contribution in [2.75, 3.05) is 40.4 Å². The van der Waals surface area contributed by atoms with E-state index in [-0.39, 0.29) is 18.2 Å². The minimum Gasteiger partial charge on any atom is -0.409 e. The minimum atomic E-state index is -0.254. The normalized spacial score (nSPS) is 11.8. The van der Waals surface area contributed by atoms with Gasteiger partial charge in [-0.2, -0.15) is 0 Å². The van der Waals surface area contributed by atoms with Gasteiger partial charge in [0.15, 0.2) is 0 Å². The molecule has 0 saturated carbocycles. The van der Waals surface area contributed by atoms with E-state index in [9.17, 15) is 4.79 Å². The number of nitrogens with one attached hydrogen (secondary N) is 1. The standard InChI is InChI=1S/C9H20N4O3/c1-13(5-6-16-2)4-3-11-9(14)7-8(10)12-15/h15H,3-7H2,1-2H3,(H2,10,12)(H,11,14). The van der Waals surface area contributed by atoms with E-state index in [1.54, 1.807) is 7.11 Å². The lowest BCUT2D eigenvalue weighted by Crippen LogP contribution is -2.35. The number of carbonyl (C=O) groups excluding carboxylic acids is 1. The van der Waals surface area contributed by atoms with E-state index >= 15 is 0 Å². The predicted molar refractivity (Wildman–Crippen MR) is 60.4 cm³/mol. The Morgan fingerprint density at radius 1 is 1.56 bits per heavy atom. The second-order valence-corrected chi connectivity index (χ2v) is 3.41. The molecule has 0 radical (unpaired) electrons. The van der Waals surface area contributed by atoms with Gasteiger partial charge in [0.25, 0.3) is 0 Å². The summed E-state index contributed by atoms with van der Waals surface area (Å²) >= 11 is 0. The maximum absolute atomic E-state index is 11.2. The smallest absolute Gasteiger partial charge is 0.227 e. The molecule has 0 aliphatic rings. The lowest BCUT2D eigenvalue weighted by molar-refractivity contribution is -0.119. The van der Waals surface area contributed by atoms with Crippen molar-refractivity contribution in [2.24, 2.45) is 10.9 Å². The zero-order chi connectivity index (χ0) is 12.4. The Kier molecular flexibility index (Phi) is 8.18. The van der Waals surface area contributed by atoms with E-state index in [0.29, 0.717) is 13.2 Å². The van der Waals surface area contributed by atoms with Gasteiger partial charge in [-0.15, -0.1) is 0 Å². The van der Waals surface area contributed by atoms with Gasteiger partial charge in [-0.3, -0.25) is 4.79 Å². The van der Waals surface area contributed by atoms with Crippen molar-refractivity contribution in [1.29, 1.82) is 0 Å². The number of oxime groups is 1. The van der Waals surface area contributed by atoms with Crippen LogP contribution in [-0.4, -0.2) is 62.2 Å². The maximum Gasteiger partial charge on any atom is 0.227 e. The molecule has 0 aromatic carbocycles. The fraction of sp³-hybridized carbons (Fsp3) is 0.778. The fourth-order valence-electron chi connectivity index (χ4n) is 1.01. The first-order chi connectivity index (χ1) is 7.60. The third kappa shape index (κ3) is 8.01. The topological polar surface area (TPSA) is 100 Å². The summed E-state index contributed by atoms with van der Waals surface area (Å²) in [5.74, 6) is -0.347. The van der Waals surface area contributed by atoms with Crippen LogP contribution in [0.4, 0.5) is 0 Å². The molecule has 0 aliphatic carbocycles. The second kappa shape index (κ2) is 8.93. The number of nitrogens with two attached hydrogens (primary N) is 1. The SMILES string of the molecule is COCCN(C)CCNC(=O)CC(N)=NO. The molecule has 7 heteroatoms. The number of ether oxygens (including phenoxy) is 1. The van der Waals surface area contributed by atoms with Crippen molar-refractivity contribution in [2.45, 2.75) is 6.42 Å². The Morgan fingerprint density at radius 2 is 2.25 bits per heavy atom. The van der Waals surface area contributed by atoms with Crippen molar-refractivity contribution in [3.63, 3.8) is 0 Å². The van der Waals surface area contributed by atoms with Crippen LogP contribution in [0.1, 0.15) is 6.42 Å². The molecule has 0 heterocycles. The van der Waals surface area contributed by atoms with Crippen LogP contribution in [0.2, 0.25) is 0 Å². The van der Waals surface area contributed by atoms with Crippen molar-refractivity contribution >= 4 is 11.7 Å². The molecule has 4 N–H and O–H groups in total. The van der Waals surface area contributed by atoms with Crippen molar-refractivity contribution in [3.8, 4) is 0 Å². The van der Waals surface area contributed by atoms with E-state index in [4.69, 9.17) is 15.7 Å². The number of carbonyl (C=O) groups is 1. The third-order valence-corrected chi connectivity index (χ3v) is 1.96. The summed E-state index contributed by atoms with van der Waals surface area (Å²) in [6.45, 7) is 2.73. The number of rotatable bonds is 8. The first-order valence-corrected chi connectivity index (χ1v) is 5.00. The Morgan fingerprint density at radius 3 is 2.81 bits per heavy atom. The van der Waals surface area contributed by atoms with E-state index in [0.717, 1.165) is 13.1 Å². The summed E-state index contributed by atoms with van der Waals surface area (Å²) in [5.41, 5.74) is 5.18. The molecule has 0 fully saturated rings. The lowest BCUT2D eigenvalue weighted by atomic mass is 10.3. The van der Waals surface area contributed by atoms with Crippen LogP contribution in [0.3, 0.4) is 0 Å². The Labute approximate surface area is 95.2 Å². The molecular weight excluding hydrogens is 212 g/mol. The molecule has 0 saturated heterocycles. The third-order valence-electron chi connectivity index (χ3n) is 1.96. The molecule has 0 rings (SSSR count). The molecule has 0 atom stereocenters. The summed E-state index contributed by atoms with van der Waals surface area (Å²) in [7, 11) is 3.58. The Balaban J connectivity index is 3.54. The van der Waals surface area contributed by atoms with Gasteiger partial charge >= 0.3 is 0 Å². The first-order valence-electron chi connectivity index (χ1n) is 5.00. The summed E-state index contributed by atoms with van der Waals surface area (Å²) in [6.07, 6.45) is -0.0850. The zero-order valence-corrected chi connectivity index (χ0v) is 9.77. The van der Waals surface area contributed by atoms with Gasteiger partial charge in [0.05, 0.1) is 13.0 Å². The number of nitrogens with zero attached hydrogens (tertiary/aromatic N) is 2. The molecule has 0 aromatic rings. The monoisotopic (exact) mass is 232 g/mol. The van der Waals surface area contributed by atoms with E-state index in [1.807, 2.05) is 11.9 Å². The molecule has 7 nitrogen and oxygen atoms in total. The Bertz CT molecular complexity index is 233. The highest BCUT2D eigenvalue weighted by atomic mass is 16.5. The second-order valence-electron chi connectivity index (χ2n) is 3.41. The van der Waals surface area contributed by atoms with Crippen molar-refractivity contribution in [1.82, 2.24) is 10.2 Å². The number of methoxy groups -OCH3 is 1. The highest BCUT2D eigenvalue weighted by molar-refractivity contribution is 5.98. The molecule has 0 spiro atoms. The highest BCUT2D eigenvalue weighted by Gasteiger charge is 2.04. The number of amides is 1. The van der Waals surface area contributed by atoms with Crippen LogP contribution in [-0.2, 0) is 9.53 Å². The largest absolute Gasteiger partial charge is 0.409 e. The number of hydrogen-bond acceptors (Lipinski definition) is 5.